The Balaban J connectivity index is 1.51. The monoisotopic (exact) mass is 343 g/mol. The first-order chi connectivity index (χ1) is 11.7. The Morgan fingerprint density at radius 2 is 2.12 bits per heavy atom. The SMILES string of the molecule is Cc1noc(-c2ccsc2NC(=O)[C@@H]2COc3ccccc3O2)n1. The Morgan fingerprint density at radius 1 is 1.29 bits per heavy atom. The Morgan fingerprint density at radius 3 is 2.92 bits per heavy atom. The Labute approximate surface area is 141 Å². The largest absolute Gasteiger partial charge is 0.485 e. The number of rotatable bonds is 3. The second-order valence-electron chi connectivity index (χ2n) is 5.16. The molecule has 1 aliphatic heterocycles. The number of anilines is 1. The lowest BCUT2D eigenvalue weighted by Gasteiger charge is -2.25. The number of carbonyl (C=O) groups is 1. The van der Waals surface area contributed by atoms with E-state index in [2.05, 4.69) is 15.5 Å². The van der Waals surface area contributed by atoms with Gasteiger partial charge in [-0.3, -0.25) is 4.79 Å². The van der Waals surface area contributed by atoms with E-state index in [1.165, 1.54) is 11.3 Å². The molecule has 0 radical (unpaired) electrons. The van der Waals surface area contributed by atoms with Gasteiger partial charge >= 0.3 is 0 Å². The molecule has 8 heteroatoms. The molecule has 122 valence electrons. The Bertz CT molecular complexity index is 889. The standard InChI is InChI=1S/C16H13N3O4S/c1-9-17-15(23-19-9)10-6-7-24-16(10)18-14(20)13-8-21-11-4-2-3-5-12(11)22-13/h2-7,13H,8H2,1H3,(H,18,20)/t13-/m0/s1. The fraction of sp³-hybridized carbons (Fsp3) is 0.188. The smallest absolute Gasteiger partial charge is 0.269 e. The molecule has 0 saturated carbocycles. The number of benzene rings is 1. The minimum atomic E-state index is -0.723. The summed E-state index contributed by atoms with van der Waals surface area (Å²) in [6.45, 7) is 1.89. The molecule has 0 fully saturated rings. The minimum absolute atomic E-state index is 0.156. The summed E-state index contributed by atoms with van der Waals surface area (Å²) in [4.78, 5) is 16.7. The highest BCUT2D eigenvalue weighted by molar-refractivity contribution is 7.15. The van der Waals surface area contributed by atoms with Crippen LogP contribution in [-0.2, 0) is 4.79 Å². The lowest BCUT2D eigenvalue weighted by Crippen LogP contribution is -2.40. The van der Waals surface area contributed by atoms with Crippen LogP contribution in [0.1, 0.15) is 5.82 Å². The molecule has 3 heterocycles. The molecule has 0 spiro atoms. The number of ether oxygens (including phenoxy) is 2. The number of carbonyl (C=O) groups excluding carboxylic acids is 1. The van der Waals surface area contributed by atoms with E-state index in [-0.39, 0.29) is 12.5 Å². The van der Waals surface area contributed by atoms with Crippen molar-refractivity contribution in [3.8, 4) is 23.0 Å². The number of hydrogen-bond acceptors (Lipinski definition) is 7. The molecule has 24 heavy (non-hydrogen) atoms. The van der Waals surface area contributed by atoms with Crippen molar-refractivity contribution in [1.82, 2.24) is 10.1 Å². The molecule has 4 rings (SSSR count). The number of nitrogens with zero attached hydrogens (tertiary/aromatic N) is 2. The second-order valence-corrected chi connectivity index (χ2v) is 6.08. The van der Waals surface area contributed by atoms with Gasteiger partial charge in [-0.15, -0.1) is 11.3 Å². The third-order valence-electron chi connectivity index (χ3n) is 3.46. The molecule has 0 unspecified atom stereocenters. The van der Waals surface area contributed by atoms with Gasteiger partial charge in [0.15, 0.2) is 17.3 Å². The maximum absolute atomic E-state index is 12.5. The fourth-order valence-corrected chi connectivity index (χ4v) is 3.10. The number of para-hydroxylation sites is 2. The van der Waals surface area contributed by atoms with E-state index in [4.69, 9.17) is 14.0 Å². The van der Waals surface area contributed by atoms with Crippen molar-refractivity contribution >= 4 is 22.2 Å². The van der Waals surface area contributed by atoms with Crippen LogP contribution in [0.15, 0.2) is 40.2 Å². The van der Waals surface area contributed by atoms with Crippen LogP contribution >= 0.6 is 11.3 Å². The van der Waals surface area contributed by atoms with Gasteiger partial charge in [0.05, 0.1) is 5.56 Å². The number of hydrogen-bond donors (Lipinski definition) is 1. The minimum Gasteiger partial charge on any atom is -0.485 e. The van der Waals surface area contributed by atoms with Crippen LogP contribution in [0.3, 0.4) is 0 Å². The van der Waals surface area contributed by atoms with Gasteiger partial charge in [-0.05, 0) is 30.5 Å². The zero-order chi connectivity index (χ0) is 16.5. The van der Waals surface area contributed by atoms with E-state index in [0.29, 0.717) is 33.8 Å². The predicted octanol–water partition coefficient (Wildman–Crippen LogP) is 2.89. The van der Waals surface area contributed by atoms with Crippen LogP contribution < -0.4 is 14.8 Å². The number of fused-ring (bicyclic) bond motifs is 1. The molecular formula is C16H13N3O4S. The van der Waals surface area contributed by atoms with Crippen LogP contribution in [0.5, 0.6) is 11.5 Å². The Kier molecular flexibility index (Phi) is 3.66. The molecule has 0 saturated heterocycles. The van der Waals surface area contributed by atoms with Crippen molar-refractivity contribution in [3.05, 3.63) is 41.5 Å². The van der Waals surface area contributed by atoms with Crippen molar-refractivity contribution in [2.75, 3.05) is 11.9 Å². The van der Waals surface area contributed by atoms with Gasteiger partial charge < -0.3 is 19.3 Å². The van der Waals surface area contributed by atoms with E-state index in [9.17, 15) is 4.79 Å². The number of amides is 1. The van der Waals surface area contributed by atoms with E-state index < -0.39 is 6.10 Å². The van der Waals surface area contributed by atoms with E-state index in [1.54, 1.807) is 19.1 Å². The van der Waals surface area contributed by atoms with E-state index in [0.717, 1.165) is 0 Å². The van der Waals surface area contributed by atoms with Crippen molar-refractivity contribution in [2.45, 2.75) is 13.0 Å². The third kappa shape index (κ3) is 2.71. The molecule has 2 aromatic heterocycles. The fourth-order valence-electron chi connectivity index (χ4n) is 2.32. The first-order valence-electron chi connectivity index (χ1n) is 7.28. The number of aryl methyl sites for hydroxylation is 1. The van der Waals surface area contributed by atoms with Gasteiger partial charge in [0.2, 0.25) is 6.10 Å². The summed E-state index contributed by atoms with van der Waals surface area (Å²) >= 11 is 1.38. The third-order valence-corrected chi connectivity index (χ3v) is 4.29. The van der Waals surface area contributed by atoms with Crippen LogP contribution in [-0.4, -0.2) is 28.8 Å². The summed E-state index contributed by atoms with van der Waals surface area (Å²) in [7, 11) is 0. The summed E-state index contributed by atoms with van der Waals surface area (Å²) in [6, 6.07) is 9.08. The lowest BCUT2D eigenvalue weighted by molar-refractivity contribution is -0.125. The number of nitrogens with one attached hydrogen (secondary N) is 1. The summed E-state index contributed by atoms with van der Waals surface area (Å²) in [5.74, 6) is 1.82. The first-order valence-corrected chi connectivity index (χ1v) is 8.16. The molecule has 0 bridgehead atoms. The molecule has 3 aromatic rings. The summed E-state index contributed by atoms with van der Waals surface area (Å²) in [5, 5.41) is 9.09. The highest BCUT2D eigenvalue weighted by Crippen LogP contribution is 2.34. The van der Waals surface area contributed by atoms with Crippen LogP contribution in [0.4, 0.5) is 5.00 Å². The van der Waals surface area contributed by atoms with Crippen LogP contribution in [0, 0.1) is 6.92 Å². The maximum Gasteiger partial charge on any atom is 0.269 e. The highest BCUT2D eigenvalue weighted by atomic mass is 32.1. The molecule has 1 atom stereocenters. The highest BCUT2D eigenvalue weighted by Gasteiger charge is 2.28. The van der Waals surface area contributed by atoms with Gasteiger partial charge in [-0.1, -0.05) is 17.3 Å². The maximum atomic E-state index is 12.5. The van der Waals surface area contributed by atoms with Crippen molar-refractivity contribution in [3.63, 3.8) is 0 Å². The average Bonchev–Trinajstić information content (AvgIpc) is 3.23. The lowest BCUT2D eigenvalue weighted by atomic mass is 10.2. The van der Waals surface area contributed by atoms with Gasteiger partial charge in [0.25, 0.3) is 11.8 Å². The molecule has 1 aromatic carbocycles. The number of thiophene rings is 1. The summed E-state index contributed by atoms with van der Waals surface area (Å²) < 4.78 is 16.4. The predicted molar refractivity (Wildman–Crippen MR) is 87.3 cm³/mol. The molecule has 7 nitrogen and oxygen atoms in total. The van der Waals surface area contributed by atoms with Crippen molar-refractivity contribution in [2.24, 2.45) is 0 Å². The number of aromatic nitrogens is 2. The van der Waals surface area contributed by atoms with Gasteiger partial charge in [0, 0.05) is 0 Å². The summed E-state index contributed by atoms with van der Waals surface area (Å²) in [5.41, 5.74) is 0.686. The zero-order valence-corrected chi connectivity index (χ0v) is 13.5. The average molecular weight is 343 g/mol. The quantitative estimate of drug-likeness (QED) is 0.787. The molecular weight excluding hydrogens is 330 g/mol. The molecule has 0 aliphatic carbocycles. The van der Waals surface area contributed by atoms with Gasteiger partial charge in [-0.25, -0.2) is 0 Å². The van der Waals surface area contributed by atoms with E-state index in [1.807, 2.05) is 23.6 Å². The van der Waals surface area contributed by atoms with Crippen molar-refractivity contribution < 1.29 is 18.8 Å². The molecule has 1 aliphatic rings. The van der Waals surface area contributed by atoms with Crippen LogP contribution in [0.2, 0.25) is 0 Å². The first kappa shape index (κ1) is 14.7. The zero-order valence-electron chi connectivity index (χ0n) is 12.7. The topological polar surface area (TPSA) is 86.5 Å². The summed E-state index contributed by atoms with van der Waals surface area (Å²) in [6.07, 6.45) is -0.723. The van der Waals surface area contributed by atoms with Crippen molar-refractivity contribution in [1.29, 1.82) is 0 Å². The molecule has 1 N–H and O–H groups in total. The second kappa shape index (κ2) is 5.97. The normalized spacial score (nSPS) is 16.0. The van der Waals surface area contributed by atoms with Crippen LogP contribution in [0.25, 0.3) is 11.5 Å². The van der Waals surface area contributed by atoms with Gasteiger partial charge in [0.1, 0.15) is 11.6 Å². The van der Waals surface area contributed by atoms with E-state index >= 15 is 0 Å². The van der Waals surface area contributed by atoms with Gasteiger partial charge in [-0.2, -0.15) is 4.98 Å². The molecule has 1 amide bonds. The Hall–Kier alpha value is -2.87.